The van der Waals surface area contributed by atoms with Crippen molar-refractivity contribution in [2.75, 3.05) is 10.6 Å². The lowest BCUT2D eigenvalue weighted by molar-refractivity contribution is 0.0996. The molecule has 0 radical (unpaired) electrons. The molecular weight excluding hydrogens is 416 g/mol. The van der Waals surface area contributed by atoms with Crippen LogP contribution in [0.2, 0.25) is 0 Å². The molecule has 6 N–H and O–H groups in total. The molecule has 1 aliphatic carbocycles. The SMILES string of the molecule is Cc1cc(OCc2ccccc2)cc(Nc2cc(N[C@@H]3CCCC[C@@H]3N)cnc2C(N)=O)n1. The fourth-order valence-corrected chi connectivity index (χ4v) is 4.05. The first kappa shape index (κ1) is 22.5. The zero-order valence-electron chi connectivity index (χ0n) is 18.8. The summed E-state index contributed by atoms with van der Waals surface area (Å²) in [5.41, 5.74) is 15.1. The van der Waals surface area contributed by atoms with Gasteiger partial charge in [-0.2, -0.15) is 0 Å². The first-order valence-electron chi connectivity index (χ1n) is 11.2. The minimum atomic E-state index is -0.619. The highest BCUT2D eigenvalue weighted by Gasteiger charge is 2.22. The second-order valence-corrected chi connectivity index (χ2v) is 8.41. The van der Waals surface area contributed by atoms with Crippen molar-refractivity contribution in [2.24, 2.45) is 11.5 Å². The molecule has 1 aromatic carbocycles. The number of nitrogens with zero attached hydrogens (tertiary/aromatic N) is 2. The highest BCUT2D eigenvalue weighted by molar-refractivity contribution is 5.97. The summed E-state index contributed by atoms with van der Waals surface area (Å²) in [7, 11) is 0. The number of rotatable bonds is 8. The number of primary amides is 1. The standard InChI is InChI=1S/C25H30N6O2/c1-16-11-19(33-15-17-7-3-2-4-8-17)13-23(29-16)31-22-12-18(14-28-24(22)25(27)32)30-21-10-6-5-9-20(21)26/h2-4,7-8,11-14,20-21,30H,5-6,9-10,15,26H2,1H3,(H2,27,32)(H,29,31)/t20-,21+/m0/s1. The zero-order chi connectivity index (χ0) is 23.2. The molecule has 1 saturated carbocycles. The van der Waals surface area contributed by atoms with Crippen LogP contribution in [-0.2, 0) is 6.61 Å². The summed E-state index contributed by atoms with van der Waals surface area (Å²) >= 11 is 0. The first-order valence-corrected chi connectivity index (χ1v) is 11.2. The van der Waals surface area contributed by atoms with Crippen LogP contribution in [0.25, 0.3) is 0 Å². The van der Waals surface area contributed by atoms with E-state index >= 15 is 0 Å². The van der Waals surface area contributed by atoms with E-state index in [2.05, 4.69) is 20.6 Å². The maximum Gasteiger partial charge on any atom is 0.269 e. The smallest absolute Gasteiger partial charge is 0.269 e. The molecule has 8 heteroatoms. The minimum Gasteiger partial charge on any atom is -0.489 e. The molecule has 2 atom stereocenters. The van der Waals surface area contributed by atoms with Crippen molar-refractivity contribution in [2.45, 2.75) is 51.3 Å². The summed E-state index contributed by atoms with van der Waals surface area (Å²) < 4.78 is 5.95. The van der Waals surface area contributed by atoms with E-state index in [1.54, 1.807) is 12.3 Å². The lowest BCUT2D eigenvalue weighted by Crippen LogP contribution is -2.42. The molecule has 2 heterocycles. The van der Waals surface area contributed by atoms with Gasteiger partial charge in [0.25, 0.3) is 5.91 Å². The molecule has 3 aromatic rings. The summed E-state index contributed by atoms with van der Waals surface area (Å²) in [6.07, 6.45) is 5.91. The third kappa shape index (κ3) is 5.98. The van der Waals surface area contributed by atoms with Gasteiger partial charge in [0, 0.05) is 29.9 Å². The van der Waals surface area contributed by atoms with Gasteiger partial charge in [-0.05, 0) is 31.4 Å². The molecule has 172 valence electrons. The first-order chi connectivity index (χ1) is 16.0. The average molecular weight is 447 g/mol. The highest BCUT2D eigenvalue weighted by Crippen LogP contribution is 2.27. The van der Waals surface area contributed by atoms with Crippen LogP contribution in [-0.4, -0.2) is 28.0 Å². The van der Waals surface area contributed by atoms with Crippen LogP contribution in [0, 0.1) is 6.92 Å². The number of hydrogen-bond acceptors (Lipinski definition) is 7. The van der Waals surface area contributed by atoms with Crippen LogP contribution in [0.4, 0.5) is 17.2 Å². The van der Waals surface area contributed by atoms with E-state index in [4.69, 9.17) is 16.2 Å². The quantitative estimate of drug-likeness (QED) is 0.413. The van der Waals surface area contributed by atoms with E-state index < -0.39 is 5.91 Å². The number of anilines is 3. The van der Waals surface area contributed by atoms with Crippen LogP contribution in [0.1, 0.15) is 47.4 Å². The number of nitrogens with two attached hydrogens (primary N) is 2. The number of hydrogen-bond donors (Lipinski definition) is 4. The van der Waals surface area contributed by atoms with Crippen molar-refractivity contribution in [1.29, 1.82) is 0 Å². The second-order valence-electron chi connectivity index (χ2n) is 8.41. The Morgan fingerprint density at radius 1 is 1.15 bits per heavy atom. The van der Waals surface area contributed by atoms with Gasteiger partial charge in [-0.15, -0.1) is 0 Å². The van der Waals surface area contributed by atoms with Crippen LogP contribution >= 0.6 is 0 Å². The summed E-state index contributed by atoms with van der Waals surface area (Å²) in [6, 6.07) is 15.7. The van der Waals surface area contributed by atoms with E-state index in [-0.39, 0.29) is 17.8 Å². The van der Waals surface area contributed by atoms with Gasteiger partial charge in [-0.1, -0.05) is 43.2 Å². The largest absolute Gasteiger partial charge is 0.489 e. The third-order valence-electron chi connectivity index (χ3n) is 5.73. The molecule has 0 bridgehead atoms. The topological polar surface area (TPSA) is 128 Å². The van der Waals surface area contributed by atoms with Gasteiger partial charge in [0.1, 0.15) is 18.2 Å². The molecular formula is C25H30N6O2. The lowest BCUT2D eigenvalue weighted by Gasteiger charge is -2.30. The van der Waals surface area contributed by atoms with Gasteiger partial charge in [0.05, 0.1) is 17.6 Å². The number of carbonyl (C=O) groups is 1. The van der Waals surface area contributed by atoms with Gasteiger partial charge in [0.15, 0.2) is 5.69 Å². The molecule has 33 heavy (non-hydrogen) atoms. The molecule has 8 nitrogen and oxygen atoms in total. The van der Waals surface area contributed by atoms with Crippen molar-refractivity contribution in [1.82, 2.24) is 9.97 Å². The molecule has 1 amide bonds. The normalized spacial score (nSPS) is 17.9. The predicted molar refractivity (Wildman–Crippen MR) is 130 cm³/mol. The Morgan fingerprint density at radius 2 is 1.94 bits per heavy atom. The van der Waals surface area contributed by atoms with Crippen molar-refractivity contribution < 1.29 is 9.53 Å². The second kappa shape index (κ2) is 10.3. The van der Waals surface area contributed by atoms with E-state index in [0.29, 0.717) is 23.9 Å². The maximum absolute atomic E-state index is 12.0. The van der Waals surface area contributed by atoms with Gasteiger partial charge < -0.3 is 26.8 Å². The highest BCUT2D eigenvalue weighted by atomic mass is 16.5. The van der Waals surface area contributed by atoms with E-state index in [0.717, 1.165) is 42.6 Å². The molecule has 0 unspecified atom stereocenters. The monoisotopic (exact) mass is 446 g/mol. The lowest BCUT2D eigenvalue weighted by atomic mass is 9.91. The third-order valence-corrected chi connectivity index (χ3v) is 5.73. The Hall–Kier alpha value is -3.65. The van der Waals surface area contributed by atoms with Crippen LogP contribution in [0.3, 0.4) is 0 Å². The van der Waals surface area contributed by atoms with Crippen molar-refractivity contribution in [3.05, 3.63) is 71.7 Å². The Labute approximate surface area is 193 Å². The maximum atomic E-state index is 12.0. The van der Waals surface area contributed by atoms with Crippen LogP contribution < -0.4 is 26.8 Å². The molecule has 0 aliphatic heterocycles. The fraction of sp³-hybridized carbons (Fsp3) is 0.320. The Morgan fingerprint density at radius 3 is 2.70 bits per heavy atom. The Kier molecular flexibility index (Phi) is 7.04. The fourth-order valence-electron chi connectivity index (χ4n) is 4.05. The summed E-state index contributed by atoms with van der Waals surface area (Å²) in [4.78, 5) is 20.8. The van der Waals surface area contributed by atoms with Gasteiger partial charge in [-0.3, -0.25) is 4.79 Å². The van der Waals surface area contributed by atoms with Crippen molar-refractivity contribution in [3.8, 4) is 5.75 Å². The number of nitrogens with one attached hydrogen (secondary N) is 2. The van der Waals surface area contributed by atoms with E-state index in [1.807, 2.05) is 49.4 Å². The zero-order valence-corrected chi connectivity index (χ0v) is 18.8. The summed E-state index contributed by atoms with van der Waals surface area (Å²) in [5, 5.41) is 6.66. The van der Waals surface area contributed by atoms with Gasteiger partial charge in [-0.25, -0.2) is 9.97 Å². The number of pyridine rings is 2. The molecule has 0 saturated heterocycles. The van der Waals surface area contributed by atoms with Crippen LogP contribution in [0.15, 0.2) is 54.7 Å². The predicted octanol–water partition coefficient (Wildman–Crippen LogP) is 3.89. The number of carbonyl (C=O) groups excluding carboxylic acids is 1. The molecule has 2 aromatic heterocycles. The van der Waals surface area contributed by atoms with E-state index in [9.17, 15) is 4.79 Å². The summed E-state index contributed by atoms with van der Waals surface area (Å²) in [6.45, 7) is 2.33. The molecule has 1 aliphatic rings. The minimum absolute atomic E-state index is 0.0914. The number of benzene rings is 1. The van der Waals surface area contributed by atoms with Crippen molar-refractivity contribution >= 4 is 23.1 Å². The number of aromatic nitrogens is 2. The molecule has 0 spiro atoms. The van der Waals surface area contributed by atoms with Gasteiger partial charge >= 0.3 is 0 Å². The van der Waals surface area contributed by atoms with E-state index in [1.165, 1.54) is 0 Å². The Bertz CT molecular complexity index is 1110. The molecule has 4 rings (SSSR count). The Balaban J connectivity index is 1.54. The van der Waals surface area contributed by atoms with Gasteiger partial charge in [0.2, 0.25) is 0 Å². The van der Waals surface area contributed by atoms with Crippen molar-refractivity contribution in [3.63, 3.8) is 0 Å². The number of ether oxygens (including phenoxy) is 1. The number of amides is 1. The van der Waals surface area contributed by atoms with Crippen LogP contribution in [0.5, 0.6) is 5.75 Å². The summed E-state index contributed by atoms with van der Waals surface area (Å²) in [5.74, 6) is 0.588. The molecule has 1 fully saturated rings. The average Bonchev–Trinajstić information content (AvgIpc) is 2.79. The number of aryl methyl sites for hydroxylation is 1.